The van der Waals surface area contributed by atoms with E-state index in [2.05, 4.69) is 57.9 Å². The molecule has 3 rings (SSSR count). The van der Waals surface area contributed by atoms with Crippen molar-refractivity contribution in [2.45, 2.75) is 38.8 Å². The lowest BCUT2D eigenvalue weighted by Gasteiger charge is -2.12. The Kier molecular flexibility index (Phi) is 5.18. The minimum atomic E-state index is 0.0523. The molecule has 3 aromatic rings. The van der Waals surface area contributed by atoms with Crippen molar-refractivity contribution in [3.8, 4) is 5.69 Å². The normalized spacial score (nSPS) is 11.3. The third-order valence-electron chi connectivity index (χ3n) is 4.36. The molecule has 3 N–H and O–H groups in total. The number of hydrogen-bond donors (Lipinski definition) is 2. The van der Waals surface area contributed by atoms with Gasteiger partial charge in [0.15, 0.2) is 5.78 Å². The first-order chi connectivity index (χ1) is 12.4. The second-order valence-corrected chi connectivity index (χ2v) is 7.52. The summed E-state index contributed by atoms with van der Waals surface area (Å²) in [6.45, 7) is 8.35. The highest BCUT2D eigenvalue weighted by Gasteiger charge is 2.17. The lowest BCUT2D eigenvalue weighted by molar-refractivity contribution is 0.102. The number of Topliss-reactive ketones (excluding diaryl/α,β-unsaturated/α-hetero) is 1. The number of nitrogens with two attached hydrogens (primary N) is 1. The fourth-order valence-electron chi connectivity index (χ4n) is 2.98. The standard InChI is InChI=1S/C19H23N5OS/c1-11(2)14-5-7-15(8-6-14)24-12(3)9-16(13(24)4)17(25)10-26-19-21-18(20)22-23-19/h5-9,11H,10H2,1-4H3,(H3,20,21,22,23). The van der Waals surface area contributed by atoms with Crippen molar-refractivity contribution in [2.24, 2.45) is 0 Å². The molecule has 0 aliphatic heterocycles. The first-order valence-corrected chi connectivity index (χ1v) is 9.48. The van der Waals surface area contributed by atoms with Gasteiger partial charge < -0.3 is 10.3 Å². The van der Waals surface area contributed by atoms with Gasteiger partial charge in [0.05, 0.1) is 5.75 Å². The Morgan fingerprint density at radius 2 is 1.96 bits per heavy atom. The summed E-state index contributed by atoms with van der Waals surface area (Å²) in [5, 5.41) is 6.99. The Labute approximate surface area is 157 Å². The number of rotatable bonds is 6. The molecule has 0 spiro atoms. The second kappa shape index (κ2) is 7.37. The molecule has 0 radical (unpaired) electrons. The van der Waals surface area contributed by atoms with E-state index in [9.17, 15) is 4.79 Å². The van der Waals surface area contributed by atoms with Crippen molar-refractivity contribution in [3.05, 3.63) is 52.8 Å². The van der Waals surface area contributed by atoms with Gasteiger partial charge in [-0.1, -0.05) is 37.7 Å². The van der Waals surface area contributed by atoms with Crippen LogP contribution in [0.5, 0.6) is 0 Å². The van der Waals surface area contributed by atoms with Crippen LogP contribution in [-0.4, -0.2) is 31.3 Å². The molecule has 0 amide bonds. The van der Waals surface area contributed by atoms with Crippen molar-refractivity contribution in [1.82, 2.24) is 19.7 Å². The van der Waals surface area contributed by atoms with Crippen LogP contribution in [0.25, 0.3) is 5.69 Å². The number of aromatic nitrogens is 4. The van der Waals surface area contributed by atoms with Crippen LogP contribution in [0.15, 0.2) is 35.5 Å². The molecule has 1 aromatic carbocycles. The lowest BCUT2D eigenvalue weighted by atomic mass is 10.0. The van der Waals surface area contributed by atoms with Crippen LogP contribution in [0.1, 0.15) is 47.1 Å². The van der Waals surface area contributed by atoms with Crippen LogP contribution >= 0.6 is 11.8 Å². The number of ketones is 1. The molecular weight excluding hydrogens is 346 g/mol. The van der Waals surface area contributed by atoms with Crippen LogP contribution < -0.4 is 5.73 Å². The smallest absolute Gasteiger partial charge is 0.216 e. The number of aryl methyl sites for hydroxylation is 1. The molecule has 0 saturated heterocycles. The third-order valence-corrected chi connectivity index (χ3v) is 5.21. The molecule has 2 heterocycles. The van der Waals surface area contributed by atoms with E-state index in [0.29, 0.717) is 11.1 Å². The van der Waals surface area contributed by atoms with Crippen molar-refractivity contribution < 1.29 is 4.79 Å². The van der Waals surface area contributed by atoms with E-state index in [1.54, 1.807) is 0 Å². The number of carbonyl (C=O) groups is 1. The summed E-state index contributed by atoms with van der Waals surface area (Å²) < 4.78 is 2.12. The zero-order valence-corrected chi connectivity index (χ0v) is 16.2. The van der Waals surface area contributed by atoms with Crippen molar-refractivity contribution >= 4 is 23.5 Å². The number of H-pyrrole nitrogens is 1. The van der Waals surface area contributed by atoms with Gasteiger partial charge in [-0.15, -0.1) is 5.10 Å². The van der Waals surface area contributed by atoms with Gasteiger partial charge in [0.1, 0.15) is 0 Å². The van der Waals surface area contributed by atoms with Crippen LogP contribution in [0, 0.1) is 13.8 Å². The predicted octanol–water partition coefficient (Wildman–Crippen LogP) is 3.89. The number of benzene rings is 1. The molecule has 0 aliphatic carbocycles. The molecule has 26 heavy (non-hydrogen) atoms. The number of nitrogen functional groups attached to an aromatic ring is 1. The fraction of sp³-hybridized carbons (Fsp3) is 0.316. The van der Waals surface area contributed by atoms with E-state index in [4.69, 9.17) is 5.73 Å². The van der Waals surface area contributed by atoms with Gasteiger partial charge in [-0.3, -0.25) is 4.79 Å². The summed E-state index contributed by atoms with van der Waals surface area (Å²) in [7, 11) is 0. The first-order valence-electron chi connectivity index (χ1n) is 8.50. The second-order valence-electron chi connectivity index (χ2n) is 6.58. The minimum Gasteiger partial charge on any atom is -0.368 e. The quantitative estimate of drug-likeness (QED) is 0.508. The monoisotopic (exact) mass is 369 g/mol. The molecule has 136 valence electrons. The van der Waals surface area contributed by atoms with Crippen molar-refractivity contribution in [1.29, 1.82) is 0 Å². The van der Waals surface area contributed by atoms with E-state index >= 15 is 0 Å². The van der Waals surface area contributed by atoms with Gasteiger partial charge in [0.2, 0.25) is 11.1 Å². The summed E-state index contributed by atoms with van der Waals surface area (Å²) >= 11 is 1.28. The number of nitrogens with zero attached hydrogens (tertiary/aromatic N) is 3. The number of anilines is 1. The maximum absolute atomic E-state index is 12.7. The van der Waals surface area contributed by atoms with E-state index in [-0.39, 0.29) is 17.5 Å². The van der Waals surface area contributed by atoms with Crippen LogP contribution in [0.2, 0.25) is 0 Å². The summed E-state index contributed by atoms with van der Waals surface area (Å²) in [5.41, 5.74) is 10.6. The fourth-order valence-corrected chi connectivity index (χ4v) is 3.67. The van der Waals surface area contributed by atoms with Crippen LogP contribution in [0.4, 0.5) is 5.95 Å². The molecule has 6 nitrogen and oxygen atoms in total. The van der Waals surface area contributed by atoms with Crippen molar-refractivity contribution in [3.63, 3.8) is 0 Å². The maximum Gasteiger partial charge on any atom is 0.216 e. The predicted molar refractivity (Wildman–Crippen MR) is 105 cm³/mol. The molecule has 0 bridgehead atoms. The zero-order valence-electron chi connectivity index (χ0n) is 15.4. The van der Waals surface area contributed by atoms with Gasteiger partial charge in [-0.05, 0) is 43.5 Å². The van der Waals surface area contributed by atoms with E-state index in [0.717, 1.165) is 22.6 Å². The first kappa shape index (κ1) is 18.3. The summed E-state index contributed by atoms with van der Waals surface area (Å²) in [4.78, 5) is 16.7. The molecular formula is C19H23N5OS. The van der Waals surface area contributed by atoms with E-state index in [1.807, 2.05) is 19.9 Å². The Morgan fingerprint density at radius 1 is 1.27 bits per heavy atom. The van der Waals surface area contributed by atoms with Gasteiger partial charge in [0, 0.05) is 22.6 Å². The number of hydrogen-bond acceptors (Lipinski definition) is 5. The molecule has 0 atom stereocenters. The van der Waals surface area contributed by atoms with Gasteiger partial charge in [0.25, 0.3) is 0 Å². The molecule has 0 fully saturated rings. The molecule has 2 aromatic heterocycles. The van der Waals surface area contributed by atoms with Crippen LogP contribution in [-0.2, 0) is 0 Å². The van der Waals surface area contributed by atoms with Gasteiger partial charge >= 0.3 is 0 Å². The SMILES string of the molecule is Cc1cc(C(=O)CSc2n[nH]c(N)n2)c(C)n1-c1ccc(C(C)C)cc1. The number of nitrogens with one attached hydrogen (secondary N) is 1. The summed E-state index contributed by atoms with van der Waals surface area (Å²) in [6, 6.07) is 10.4. The van der Waals surface area contributed by atoms with Crippen LogP contribution in [0.3, 0.4) is 0 Å². The Morgan fingerprint density at radius 3 is 2.54 bits per heavy atom. The topological polar surface area (TPSA) is 89.6 Å². The molecule has 0 aliphatic rings. The Balaban J connectivity index is 1.81. The maximum atomic E-state index is 12.7. The van der Waals surface area contributed by atoms with Gasteiger partial charge in [-0.2, -0.15) is 4.98 Å². The van der Waals surface area contributed by atoms with Crippen molar-refractivity contribution in [2.75, 3.05) is 11.5 Å². The number of aromatic amines is 1. The molecule has 7 heteroatoms. The highest BCUT2D eigenvalue weighted by Crippen LogP contribution is 2.25. The minimum absolute atomic E-state index is 0.0523. The van der Waals surface area contributed by atoms with Gasteiger partial charge in [-0.25, -0.2) is 5.10 Å². The summed E-state index contributed by atoms with van der Waals surface area (Å²) in [6.07, 6.45) is 0. The molecule has 0 saturated carbocycles. The zero-order chi connectivity index (χ0) is 18.8. The highest BCUT2D eigenvalue weighted by molar-refractivity contribution is 7.99. The highest BCUT2D eigenvalue weighted by atomic mass is 32.2. The summed E-state index contributed by atoms with van der Waals surface area (Å²) in [5.74, 6) is 1.07. The largest absolute Gasteiger partial charge is 0.368 e. The van der Waals surface area contributed by atoms with E-state index < -0.39 is 0 Å². The molecule has 0 unspecified atom stereocenters. The number of thioether (sulfide) groups is 1. The third kappa shape index (κ3) is 3.67. The number of carbonyl (C=O) groups excluding carboxylic acids is 1. The lowest BCUT2D eigenvalue weighted by Crippen LogP contribution is -2.06. The average molecular weight is 369 g/mol. The average Bonchev–Trinajstić information content (AvgIpc) is 3.15. The van der Waals surface area contributed by atoms with E-state index in [1.165, 1.54) is 17.3 Å². The Hall–Kier alpha value is -2.54. The Bertz CT molecular complexity index is 924.